The van der Waals surface area contributed by atoms with Crippen LogP contribution >= 0.6 is 27.5 Å². The van der Waals surface area contributed by atoms with E-state index in [0.29, 0.717) is 5.03 Å². The molecule has 0 spiro atoms. The molecular weight excluding hydrogens is 215 g/mol. The van der Waals surface area contributed by atoms with Crippen molar-refractivity contribution in [1.29, 1.82) is 0 Å². The number of allylic oxidation sites excluding steroid dienone is 2. The van der Waals surface area contributed by atoms with Crippen LogP contribution in [0.25, 0.3) is 0 Å². The minimum atomic E-state index is -0.376. The highest BCUT2D eigenvalue weighted by atomic mass is 79.9. The Morgan fingerprint density at radius 3 is 2.90 bits per heavy atom. The molecule has 1 aliphatic carbocycles. The Morgan fingerprint density at radius 1 is 1.80 bits per heavy atom. The Kier molecular flexibility index (Phi) is 2.55. The molecular formula is C7H8BrClO. The molecule has 0 N–H and O–H groups in total. The van der Waals surface area contributed by atoms with E-state index in [2.05, 4.69) is 15.9 Å². The molecule has 0 saturated heterocycles. The lowest BCUT2D eigenvalue weighted by atomic mass is 10.1. The van der Waals surface area contributed by atoms with Gasteiger partial charge in [0.05, 0.1) is 0 Å². The summed E-state index contributed by atoms with van der Waals surface area (Å²) in [6.07, 6.45) is 6.49. The molecule has 0 radical (unpaired) electrons. The first kappa shape index (κ1) is 8.31. The first-order valence-corrected chi connectivity index (χ1v) is 4.12. The predicted octanol–water partition coefficient (Wildman–Crippen LogP) is 2.81. The molecule has 0 aromatic rings. The van der Waals surface area contributed by atoms with Crippen LogP contribution in [-0.4, -0.2) is 11.6 Å². The highest BCUT2D eigenvalue weighted by Crippen LogP contribution is 2.31. The van der Waals surface area contributed by atoms with Crippen LogP contribution in [0, 0.1) is 0 Å². The summed E-state index contributed by atoms with van der Waals surface area (Å²) in [7, 11) is 1.65. The molecule has 1 atom stereocenters. The monoisotopic (exact) mass is 222 g/mol. The van der Waals surface area contributed by atoms with E-state index in [-0.39, 0.29) is 4.51 Å². The second-order valence-corrected chi connectivity index (χ2v) is 3.90. The van der Waals surface area contributed by atoms with Crippen molar-refractivity contribution in [3.05, 3.63) is 23.3 Å². The van der Waals surface area contributed by atoms with Crippen molar-refractivity contribution in [2.75, 3.05) is 7.11 Å². The van der Waals surface area contributed by atoms with Crippen LogP contribution in [0.5, 0.6) is 0 Å². The third-order valence-corrected chi connectivity index (χ3v) is 2.48. The number of rotatable bonds is 1. The predicted molar refractivity (Wildman–Crippen MR) is 46.4 cm³/mol. The van der Waals surface area contributed by atoms with Crippen molar-refractivity contribution in [2.45, 2.75) is 10.9 Å². The zero-order valence-electron chi connectivity index (χ0n) is 5.60. The van der Waals surface area contributed by atoms with Crippen molar-refractivity contribution in [3.63, 3.8) is 0 Å². The van der Waals surface area contributed by atoms with Crippen LogP contribution in [0.2, 0.25) is 0 Å². The van der Waals surface area contributed by atoms with Gasteiger partial charge in [-0.15, -0.1) is 0 Å². The van der Waals surface area contributed by atoms with E-state index in [4.69, 9.17) is 16.3 Å². The summed E-state index contributed by atoms with van der Waals surface area (Å²) >= 11 is 9.14. The van der Waals surface area contributed by atoms with Gasteiger partial charge in [-0.2, -0.15) is 0 Å². The van der Waals surface area contributed by atoms with Gasteiger partial charge in [0, 0.05) is 18.6 Å². The Balaban J connectivity index is 2.76. The van der Waals surface area contributed by atoms with Crippen LogP contribution in [0.3, 0.4) is 0 Å². The zero-order valence-corrected chi connectivity index (χ0v) is 7.95. The van der Waals surface area contributed by atoms with Gasteiger partial charge in [-0.3, -0.25) is 0 Å². The van der Waals surface area contributed by atoms with Gasteiger partial charge in [0.15, 0.2) is 0 Å². The van der Waals surface area contributed by atoms with E-state index < -0.39 is 0 Å². The van der Waals surface area contributed by atoms with Gasteiger partial charge in [0.25, 0.3) is 0 Å². The molecule has 1 unspecified atom stereocenters. The summed E-state index contributed by atoms with van der Waals surface area (Å²) in [5.74, 6) is 0. The van der Waals surface area contributed by atoms with Crippen LogP contribution in [0.4, 0.5) is 0 Å². The van der Waals surface area contributed by atoms with E-state index in [0.717, 1.165) is 6.42 Å². The molecule has 1 rings (SSSR count). The third kappa shape index (κ3) is 1.84. The second-order valence-electron chi connectivity index (χ2n) is 2.13. The van der Waals surface area contributed by atoms with Gasteiger partial charge in [-0.25, -0.2) is 0 Å². The van der Waals surface area contributed by atoms with Crippen molar-refractivity contribution >= 4 is 27.5 Å². The van der Waals surface area contributed by atoms with Crippen molar-refractivity contribution < 1.29 is 4.74 Å². The van der Waals surface area contributed by atoms with Crippen LogP contribution in [-0.2, 0) is 4.74 Å². The molecule has 0 saturated carbocycles. The van der Waals surface area contributed by atoms with Crippen molar-refractivity contribution in [2.24, 2.45) is 0 Å². The summed E-state index contributed by atoms with van der Waals surface area (Å²) in [6.45, 7) is 0. The molecule has 3 heteroatoms. The first-order chi connectivity index (χ1) is 4.66. The molecule has 1 aliphatic rings. The fourth-order valence-electron chi connectivity index (χ4n) is 0.787. The number of halogens is 2. The molecule has 56 valence electrons. The fraction of sp³-hybridized carbons (Fsp3) is 0.429. The lowest BCUT2D eigenvalue weighted by molar-refractivity contribution is 0.119. The van der Waals surface area contributed by atoms with Gasteiger partial charge >= 0.3 is 0 Å². The molecule has 0 aromatic heterocycles. The standard InChI is InChI=1S/C7H8BrClO/c1-10-7(8)4-2-3-6(9)5-7/h2-3,5H,4H2,1H3. The molecule has 0 heterocycles. The van der Waals surface area contributed by atoms with Gasteiger partial charge < -0.3 is 4.74 Å². The molecule has 0 aromatic carbocycles. The normalized spacial score (nSPS) is 32.1. The summed E-state index contributed by atoms with van der Waals surface area (Å²) in [6, 6.07) is 0. The smallest absolute Gasteiger partial charge is 0.146 e. The summed E-state index contributed by atoms with van der Waals surface area (Å²) < 4.78 is 4.78. The lowest BCUT2D eigenvalue weighted by Crippen LogP contribution is -2.20. The molecule has 10 heavy (non-hydrogen) atoms. The number of hydrogen-bond acceptors (Lipinski definition) is 1. The number of methoxy groups -OCH3 is 1. The Labute approximate surface area is 73.8 Å². The van der Waals surface area contributed by atoms with Gasteiger partial charge in [-0.1, -0.05) is 17.7 Å². The minimum absolute atomic E-state index is 0.376. The molecule has 1 nitrogen and oxygen atoms in total. The maximum absolute atomic E-state index is 5.74. The number of hydrogen-bond donors (Lipinski definition) is 0. The van der Waals surface area contributed by atoms with E-state index in [1.165, 1.54) is 0 Å². The molecule has 0 fully saturated rings. The van der Waals surface area contributed by atoms with E-state index in [9.17, 15) is 0 Å². The summed E-state index contributed by atoms with van der Waals surface area (Å²) in [4.78, 5) is 0. The first-order valence-electron chi connectivity index (χ1n) is 2.95. The van der Waals surface area contributed by atoms with Crippen LogP contribution < -0.4 is 0 Å². The Hall–Kier alpha value is 0.210. The van der Waals surface area contributed by atoms with Crippen LogP contribution in [0.1, 0.15) is 6.42 Å². The van der Waals surface area contributed by atoms with Crippen molar-refractivity contribution in [3.8, 4) is 0 Å². The van der Waals surface area contributed by atoms with E-state index in [1.807, 2.05) is 18.2 Å². The molecule has 0 amide bonds. The quantitative estimate of drug-likeness (QED) is 0.621. The summed E-state index contributed by atoms with van der Waals surface area (Å²) in [5, 5.41) is 0.713. The van der Waals surface area contributed by atoms with Gasteiger partial charge in [0.2, 0.25) is 0 Å². The number of ether oxygens (including phenoxy) is 1. The lowest BCUT2D eigenvalue weighted by Gasteiger charge is -2.22. The topological polar surface area (TPSA) is 9.23 Å². The molecule has 0 aliphatic heterocycles. The fourth-order valence-corrected chi connectivity index (χ4v) is 1.62. The maximum atomic E-state index is 5.74. The Morgan fingerprint density at radius 2 is 2.50 bits per heavy atom. The van der Waals surface area contributed by atoms with Gasteiger partial charge in [0.1, 0.15) is 4.51 Å². The van der Waals surface area contributed by atoms with E-state index in [1.54, 1.807) is 7.11 Å². The SMILES string of the molecule is COC1(Br)C=C(Cl)C=CC1. The molecule has 0 bridgehead atoms. The van der Waals surface area contributed by atoms with Gasteiger partial charge in [-0.05, 0) is 28.1 Å². The number of alkyl halides is 1. The highest BCUT2D eigenvalue weighted by Gasteiger charge is 2.23. The second kappa shape index (κ2) is 3.07. The Bertz CT molecular complexity index is 188. The van der Waals surface area contributed by atoms with E-state index >= 15 is 0 Å². The highest BCUT2D eigenvalue weighted by molar-refractivity contribution is 9.10. The van der Waals surface area contributed by atoms with Crippen molar-refractivity contribution in [1.82, 2.24) is 0 Å². The largest absolute Gasteiger partial charge is 0.363 e. The summed E-state index contributed by atoms with van der Waals surface area (Å²) in [5.41, 5.74) is 0. The average Bonchev–Trinajstić information content (AvgIpc) is 1.88. The third-order valence-electron chi connectivity index (χ3n) is 1.37. The zero-order chi connectivity index (χ0) is 7.61. The average molecular weight is 223 g/mol. The maximum Gasteiger partial charge on any atom is 0.146 e. The minimum Gasteiger partial charge on any atom is -0.363 e. The van der Waals surface area contributed by atoms with Crippen LogP contribution in [0.15, 0.2) is 23.3 Å².